The minimum atomic E-state index is 0. The summed E-state index contributed by atoms with van der Waals surface area (Å²) in [5.41, 5.74) is 3.07. The quantitative estimate of drug-likeness (QED) is 0.414. The first-order chi connectivity index (χ1) is 8.75. The van der Waals surface area contributed by atoms with Gasteiger partial charge in [-0.2, -0.15) is 0 Å². The fourth-order valence-electron chi connectivity index (χ4n) is 1.84. The summed E-state index contributed by atoms with van der Waals surface area (Å²) in [7, 11) is 0. The summed E-state index contributed by atoms with van der Waals surface area (Å²) in [5.74, 6) is 0.128. The summed E-state index contributed by atoms with van der Waals surface area (Å²) in [6.07, 6.45) is 2.65. The molecule has 0 amide bonds. The van der Waals surface area contributed by atoms with Crippen molar-refractivity contribution in [3.63, 3.8) is 0 Å². The number of ketones is 1. The van der Waals surface area contributed by atoms with Gasteiger partial charge in [0.2, 0.25) is 0 Å². The third kappa shape index (κ3) is 8.14. The molecule has 0 radical (unpaired) electrons. The standard InChI is InChI=1S/C17H16O.3Pd/c1-14(18)17(12-15-8-4-2-5-9-15)13-16-10-6-3-7-11-16;;;/h2-12H,13H2,1H3;;;. The zero-order valence-electron chi connectivity index (χ0n) is 11.4. The van der Waals surface area contributed by atoms with Crippen LogP contribution in [0, 0.1) is 0 Å². The van der Waals surface area contributed by atoms with Gasteiger partial charge in [-0.1, -0.05) is 60.7 Å². The number of benzene rings is 2. The van der Waals surface area contributed by atoms with Crippen molar-refractivity contribution in [2.45, 2.75) is 13.3 Å². The van der Waals surface area contributed by atoms with Gasteiger partial charge in [-0.25, -0.2) is 0 Å². The Hall–Kier alpha value is -0.163. The van der Waals surface area contributed by atoms with Crippen LogP contribution in [0.15, 0.2) is 66.2 Å². The second kappa shape index (κ2) is 12.4. The van der Waals surface area contributed by atoms with Crippen LogP contribution in [0.3, 0.4) is 0 Å². The van der Waals surface area contributed by atoms with E-state index in [-0.39, 0.29) is 67.1 Å². The van der Waals surface area contributed by atoms with Crippen molar-refractivity contribution in [1.82, 2.24) is 0 Å². The molecule has 0 aliphatic rings. The zero-order valence-corrected chi connectivity index (χ0v) is 16.1. The number of hydrogen-bond donors (Lipinski definition) is 0. The van der Waals surface area contributed by atoms with E-state index in [2.05, 4.69) is 0 Å². The maximum Gasteiger partial charge on any atom is 0.156 e. The average Bonchev–Trinajstić information content (AvgIpc) is 2.40. The Morgan fingerprint density at radius 3 is 1.81 bits per heavy atom. The summed E-state index contributed by atoms with van der Waals surface area (Å²) in [5, 5.41) is 0. The molecule has 0 bridgehead atoms. The van der Waals surface area contributed by atoms with Crippen LogP contribution in [-0.2, 0) is 72.5 Å². The fourth-order valence-corrected chi connectivity index (χ4v) is 1.84. The van der Waals surface area contributed by atoms with Gasteiger partial charge in [-0.15, -0.1) is 0 Å². The van der Waals surface area contributed by atoms with E-state index in [1.165, 1.54) is 0 Å². The molecule has 0 fully saturated rings. The van der Waals surface area contributed by atoms with Gasteiger partial charge in [0.1, 0.15) is 0 Å². The third-order valence-electron chi connectivity index (χ3n) is 2.83. The fraction of sp³-hybridized carbons (Fsp3) is 0.118. The Morgan fingerprint density at radius 2 is 1.33 bits per heavy atom. The molecule has 0 heterocycles. The van der Waals surface area contributed by atoms with E-state index < -0.39 is 0 Å². The Labute approximate surface area is 167 Å². The molecule has 0 saturated carbocycles. The molecular weight excluding hydrogens is 539 g/mol. The summed E-state index contributed by atoms with van der Waals surface area (Å²) in [6.45, 7) is 1.62. The summed E-state index contributed by atoms with van der Waals surface area (Å²) < 4.78 is 0. The van der Waals surface area contributed by atoms with Gasteiger partial charge in [0.05, 0.1) is 0 Å². The molecule has 0 aromatic heterocycles. The van der Waals surface area contributed by atoms with Crippen LogP contribution in [0.25, 0.3) is 6.08 Å². The van der Waals surface area contributed by atoms with Gasteiger partial charge in [0.25, 0.3) is 0 Å². The average molecular weight is 556 g/mol. The summed E-state index contributed by atoms with van der Waals surface area (Å²) in [4.78, 5) is 11.7. The minimum absolute atomic E-state index is 0. The molecule has 0 aliphatic heterocycles. The van der Waals surface area contributed by atoms with Gasteiger partial charge in [-0.3, -0.25) is 4.79 Å². The normalized spacial score (nSPS) is 9.67. The number of allylic oxidation sites excluding steroid dienone is 1. The molecule has 0 N–H and O–H groups in total. The van der Waals surface area contributed by atoms with Crippen LogP contribution in [0.2, 0.25) is 0 Å². The molecular formula is C17H16OPd3. The molecule has 2 aromatic rings. The summed E-state index contributed by atoms with van der Waals surface area (Å²) in [6, 6.07) is 20.0. The van der Waals surface area contributed by atoms with E-state index in [1.807, 2.05) is 66.7 Å². The second-order valence-corrected chi connectivity index (χ2v) is 4.30. The SMILES string of the molecule is CC(=O)C(=Cc1ccccc1)Cc1ccccc1.[Pd].[Pd].[Pd]. The maximum atomic E-state index is 11.7. The molecule has 2 aromatic carbocycles. The number of rotatable bonds is 4. The molecule has 1 nitrogen and oxygen atoms in total. The van der Waals surface area contributed by atoms with Crippen molar-refractivity contribution in [2.24, 2.45) is 0 Å². The van der Waals surface area contributed by atoms with Crippen LogP contribution < -0.4 is 0 Å². The van der Waals surface area contributed by atoms with Crippen molar-refractivity contribution >= 4 is 11.9 Å². The van der Waals surface area contributed by atoms with Gasteiger partial charge in [-0.05, 0) is 29.7 Å². The van der Waals surface area contributed by atoms with Crippen molar-refractivity contribution in [3.05, 3.63) is 77.4 Å². The largest absolute Gasteiger partial charge is 0.295 e. The van der Waals surface area contributed by atoms with Crippen molar-refractivity contribution in [3.8, 4) is 0 Å². The van der Waals surface area contributed by atoms with Gasteiger partial charge in [0, 0.05) is 67.7 Å². The first kappa shape index (κ1) is 23.1. The maximum absolute atomic E-state index is 11.7. The van der Waals surface area contributed by atoms with E-state index in [9.17, 15) is 4.79 Å². The van der Waals surface area contributed by atoms with Gasteiger partial charge < -0.3 is 0 Å². The molecule has 0 saturated heterocycles. The molecule has 0 spiro atoms. The van der Waals surface area contributed by atoms with Crippen LogP contribution in [0.4, 0.5) is 0 Å². The van der Waals surface area contributed by atoms with Gasteiger partial charge >= 0.3 is 0 Å². The molecule has 0 aliphatic carbocycles. The van der Waals surface area contributed by atoms with E-state index >= 15 is 0 Å². The molecule has 21 heavy (non-hydrogen) atoms. The predicted molar refractivity (Wildman–Crippen MR) is 75.2 cm³/mol. The number of carbonyl (C=O) groups is 1. The van der Waals surface area contributed by atoms with E-state index in [0.29, 0.717) is 6.42 Å². The Kier molecular flexibility index (Phi) is 13.6. The van der Waals surface area contributed by atoms with E-state index in [0.717, 1.165) is 16.7 Å². The molecule has 120 valence electrons. The van der Waals surface area contributed by atoms with Crippen LogP contribution >= 0.6 is 0 Å². The molecule has 4 heteroatoms. The Bertz CT molecular complexity index is 551. The number of carbonyl (C=O) groups excluding carboxylic acids is 1. The number of hydrogen-bond acceptors (Lipinski definition) is 1. The first-order valence-corrected chi connectivity index (χ1v) is 6.06. The topological polar surface area (TPSA) is 17.1 Å². The smallest absolute Gasteiger partial charge is 0.156 e. The van der Waals surface area contributed by atoms with E-state index in [4.69, 9.17) is 0 Å². The van der Waals surface area contributed by atoms with Crippen LogP contribution in [-0.4, -0.2) is 5.78 Å². The van der Waals surface area contributed by atoms with Crippen molar-refractivity contribution in [2.75, 3.05) is 0 Å². The first-order valence-electron chi connectivity index (χ1n) is 6.06. The molecule has 2 rings (SSSR count). The van der Waals surface area contributed by atoms with Crippen molar-refractivity contribution in [1.29, 1.82) is 0 Å². The van der Waals surface area contributed by atoms with Crippen LogP contribution in [0.5, 0.6) is 0 Å². The summed E-state index contributed by atoms with van der Waals surface area (Å²) >= 11 is 0. The molecule has 0 atom stereocenters. The predicted octanol–water partition coefficient (Wildman–Crippen LogP) is 3.89. The Balaban J connectivity index is 0. The van der Waals surface area contributed by atoms with Crippen LogP contribution in [0.1, 0.15) is 18.1 Å². The second-order valence-electron chi connectivity index (χ2n) is 4.30. The zero-order chi connectivity index (χ0) is 12.8. The van der Waals surface area contributed by atoms with Crippen molar-refractivity contribution < 1.29 is 66.1 Å². The Morgan fingerprint density at radius 1 is 0.857 bits per heavy atom. The monoisotopic (exact) mass is 554 g/mol. The third-order valence-corrected chi connectivity index (χ3v) is 2.83. The van der Waals surface area contributed by atoms with Gasteiger partial charge in [0.15, 0.2) is 5.78 Å². The number of Topliss-reactive ketones (excluding diaryl/α,β-unsaturated/α-hetero) is 1. The minimum Gasteiger partial charge on any atom is -0.295 e. The van der Waals surface area contributed by atoms with E-state index in [1.54, 1.807) is 6.92 Å². The molecule has 0 unspecified atom stereocenters.